The molecule has 1 rings (SSSR count). The van der Waals surface area contributed by atoms with Crippen molar-refractivity contribution in [2.45, 2.75) is 65.9 Å². The topological polar surface area (TPSA) is 29.5 Å². The van der Waals surface area contributed by atoms with Crippen LogP contribution in [0.2, 0.25) is 0 Å². The largest absolute Gasteiger partial charge is 0.444 e. The molecule has 1 amide bonds. The summed E-state index contributed by atoms with van der Waals surface area (Å²) in [6, 6.07) is 0. The molecule has 1 aliphatic rings. The van der Waals surface area contributed by atoms with E-state index in [0.717, 1.165) is 19.5 Å². The highest BCUT2D eigenvalue weighted by molar-refractivity contribution is 5.68. The van der Waals surface area contributed by atoms with Crippen molar-refractivity contribution in [1.82, 2.24) is 4.90 Å². The molecule has 3 nitrogen and oxygen atoms in total. The number of amides is 1. The maximum atomic E-state index is 11.1. The first-order valence-electron chi connectivity index (χ1n) is 6.38. The van der Waals surface area contributed by atoms with Crippen molar-refractivity contribution in [3.05, 3.63) is 0 Å². The van der Waals surface area contributed by atoms with Gasteiger partial charge in [-0.05, 0) is 27.2 Å². The van der Waals surface area contributed by atoms with E-state index < -0.39 is 0 Å². The van der Waals surface area contributed by atoms with Crippen LogP contribution in [-0.2, 0) is 4.74 Å². The molecule has 0 aromatic carbocycles. The van der Waals surface area contributed by atoms with E-state index in [0.29, 0.717) is 0 Å². The van der Waals surface area contributed by atoms with Crippen LogP contribution in [0, 0.1) is 0 Å². The first-order valence-corrected chi connectivity index (χ1v) is 6.38. The van der Waals surface area contributed by atoms with Gasteiger partial charge in [-0.15, -0.1) is 0 Å². The average molecular weight is 229 g/mol. The van der Waals surface area contributed by atoms with E-state index >= 15 is 0 Å². The molecule has 0 aliphatic carbocycles. The third kappa shape index (κ3) is 7.55. The lowest BCUT2D eigenvalue weighted by molar-refractivity contribution is 0.0131. The zero-order valence-corrected chi connectivity index (χ0v) is 11.5. The van der Waals surface area contributed by atoms with Gasteiger partial charge in [0.25, 0.3) is 0 Å². The van der Waals surface area contributed by atoms with Crippen LogP contribution in [0.1, 0.15) is 60.3 Å². The van der Waals surface area contributed by atoms with E-state index in [-0.39, 0.29) is 11.7 Å². The Kier molecular flexibility index (Phi) is 7.18. The number of rotatable bonds is 2. The lowest BCUT2D eigenvalue weighted by atomic mass is 10.2. The Labute approximate surface area is 100 Å². The second-order valence-electron chi connectivity index (χ2n) is 5.17. The lowest BCUT2D eigenvalue weighted by Crippen LogP contribution is -2.44. The zero-order valence-electron chi connectivity index (χ0n) is 11.5. The van der Waals surface area contributed by atoms with E-state index in [9.17, 15) is 4.79 Å². The maximum absolute atomic E-state index is 11.1. The van der Waals surface area contributed by atoms with Gasteiger partial charge in [-0.2, -0.15) is 0 Å². The minimum absolute atomic E-state index is 0.177. The van der Waals surface area contributed by atoms with Gasteiger partial charge in [0.05, 0.1) is 0 Å². The third-order valence-electron chi connectivity index (χ3n) is 2.21. The second-order valence-corrected chi connectivity index (χ2v) is 5.17. The fourth-order valence-electron chi connectivity index (χ4n) is 1.18. The Morgan fingerprint density at radius 3 is 1.88 bits per heavy atom. The molecule has 0 saturated carbocycles. The van der Waals surface area contributed by atoms with Crippen LogP contribution in [0.4, 0.5) is 4.79 Å². The fraction of sp³-hybridized carbons (Fsp3) is 0.923. The number of likely N-dealkylation sites (tertiary alicyclic amines) is 1. The van der Waals surface area contributed by atoms with Crippen molar-refractivity contribution in [3.8, 4) is 0 Å². The minimum atomic E-state index is -0.354. The van der Waals surface area contributed by atoms with Gasteiger partial charge in [0.15, 0.2) is 0 Å². The van der Waals surface area contributed by atoms with Gasteiger partial charge in [0.1, 0.15) is 5.60 Å². The summed E-state index contributed by atoms with van der Waals surface area (Å²) in [5, 5.41) is 0. The summed E-state index contributed by atoms with van der Waals surface area (Å²) in [5.74, 6) is 0. The summed E-state index contributed by atoms with van der Waals surface area (Å²) < 4.78 is 5.13. The number of nitrogens with zero attached hydrogens (tertiary/aromatic N) is 1. The van der Waals surface area contributed by atoms with Gasteiger partial charge in [-0.25, -0.2) is 4.79 Å². The number of ether oxygens (including phenoxy) is 1. The molecule has 0 bridgehead atoms. The monoisotopic (exact) mass is 229 g/mol. The highest BCUT2D eigenvalue weighted by Gasteiger charge is 2.25. The molecule has 0 aromatic rings. The van der Waals surface area contributed by atoms with E-state index in [2.05, 4.69) is 13.8 Å². The zero-order chi connectivity index (χ0) is 12.6. The van der Waals surface area contributed by atoms with Crippen molar-refractivity contribution in [3.63, 3.8) is 0 Å². The lowest BCUT2D eigenvalue weighted by Gasteiger charge is -2.32. The van der Waals surface area contributed by atoms with Crippen molar-refractivity contribution >= 4 is 6.09 Å². The van der Waals surface area contributed by atoms with Gasteiger partial charge in [0.2, 0.25) is 0 Å². The molecule has 1 fully saturated rings. The average Bonchev–Trinajstić information content (AvgIpc) is 1.99. The van der Waals surface area contributed by atoms with Gasteiger partial charge in [-0.3, -0.25) is 0 Å². The first kappa shape index (κ1) is 15.3. The van der Waals surface area contributed by atoms with Crippen molar-refractivity contribution in [2.24, 2.45) is 0 Å². The molecule has 96 valence electrons. The standard InChI is InChI=1S/C8H15NO2.C5H12/c1-8(2,3)11-7(10)9-5-4-6-9;1-3-5-4-2/h4-6H2,1-3H3;3-5H2,1-2H3. The van der Waals surface area contributed by atoms with E-state index in [1.165, 1.54) is 19.3 Å². The fourth-order valence-corrected chi connectivity index (χ4v) is 1.18. The summed E-state index contributed by atoms with van der Waals surface area (Å²) in [7, 11) is 0. The molecule has 0 unspecified atom stereocenters. The van der Waals surface area contributed by atoms with Crippen LogP contribution >= 0.6 is 0 Å². The molecule has 1 heterocycles. The predicted molar refractivity (Wildman–Crippen MR) is 67.6 cm³/mol. The molecule has 0 atom stereocenters. The first-order chi connectivity index (χ1) is 7.40. The minimum Gasteiger partial charge on any atom is -0.444 e. The molecular formula is C13H27NO2. The third-order valence-corrected chi connectivity index (χ3v) is 2.21. The predicted octanol–water partition coefficient (Wildman–Crippen LogP) is 3.82. The van der Waals surface area contributed by atoms with Gasteiger partial charge < -0.3 is 9.64 Å². The van der Waals surface area contributed by atoms with Gasteiger partial charge >= 0.3 is 6.09 Å². The van der Waals surface area contributed by atoms with Gasteiger partial charge in [-0.1, -0.05) is 33.1 Å². The molecule has 0 radical (unpaired) electrons. The molecule has 3 heteroatoms. The van der Waals surface area contributed by atoms with Crippen LogP contribution in [0.3, 0.4) is 0 Å². The summed E-state index contributed by atoms with van der Waals surface area (Å²) >= 11 is 0. The van der Waals surface area contributed by atoms with E-state index in [1.807, 2.05) is 20.8 Å². The highest BCUT2D eigenvalue weighted by Crippen LogP contribution is 2.13. The maximum Gasteiger partial charge on any atom is 0.410 e. The molecule has 0 spiro atoms. The molecule has 1 aliphatic heterocycles. The Bertz CT molecular complexity index is 191. The quantitative estimate of drug-likeness (QED) is 0.720. The molecule has 16 heavy (non-hydrogen) atoms. The van der Waals surface area contributed by atoms with Crippen LogP contribution in [0.25, 0.3) is 0 Å². The summed E-state index contributed by atoms with van der Waals surface area (Å²) in [6.07, 6.45) is 5.01. The summed E-state index contributed by atoms with van der Waals surface area (Å²) in [5.41, 5.74) is -0.354. The molecule has 1 saturated heterocycles. The number of carbonyl (C=O) groups is 1. The molecule has 0 aromatic heterocycles. The normalized spacial score (nSPS) is 14.7. The Hall–Kier alpha value is -0.730. The number of carbonyl (C=O) groups excluding carboxylic acids is 1. The van der Waals surface area contributed by atoms with Crippen molar-refractivity contribution < 1.29 is 9.53 Å². The van der Waals surface area contributed by atoms with Crippen LogP contribution in [0.5, 0.6) is 0 Å². The SMILES string of the molecule is CC(C)(C)OC(=O)N1CCC1.CCCCC. The smallest absolute Gasteiger partial charge is 0.410 e. The van der Waals surface area contributed by atoms with Crippen LogP contribution in [0.15, 0.2) is 0 Å². The number of hydrogen-bond acceptors (Lipinski definition) is 2. The van der Waals surface area contributed by atoms with Crippen LogP contribution in [-0.4, -0.2) is 29.7 Å². The van der Waals surface area contributed by atoms with E-state index in [1.54, 1.807) is 4.90 Å². The Balaban J connectivity index is 0.000000385. The molecular weight excluding hydrogens is 202 g/mol. The van der Waals surface area contributed by atoms with Gasteiger partial charge in [0, 0.05) is 13.1 Å². The highest BCUT2D eigenvalue weighted by atomic mass is 16.6. The summed E-state index contributed by atoms with van der Waals surface area (Å²) in [6.45, 7) is 11.8. The number of unbranched alkanes of at least 4 members (excludes halogenated alkanes) is 2. The van der Waals surface area contributed by atoms with Crippen LogP contribution < -0.4 is 0 Å². The van der Waals surface area contributed by atoms with Crippen molar-refractivity contribution in [1.29, 1.82) is 0 Å². The van der Waals surface area contributed by atoms with Crippen molar-refractivity contribution in [2.75, 3.05) is 13.1 Å². The Morgan fingerprint density at radius 2 is 1.69 bits per heavy atom. The number of hydrogen-bond donors (Lipinski definition) is 0. The second kappa shape index (κ2) is 7.53. The summed E-state index contributed by atoms with van der Waals surface area (Å²) in [4.78, 5) is 12.9. The Morgan fingerprint density at radius 1 is 1.19 bits per heavy atom. The molecule has 0 N–H and O–H groups in total. The van der Waals surface area contributed by atoms with E-state index in [4.69, 9.17) is 4.74 Å².